The van der Waals surface area contributed by atoms with Crippen molar-refractivity contribution < 1.29 is 23.9 Å². The highest BCUT2D eigenvalue weighted by Gasteiger charge is 2.35. The van der Waals surface area contributed by atoms with Gasteiger partial charge in [0.2, 0.25) is 5.91 Å². The average molecular weight is 435 g/mol. The van der Waals surface area contributed by atoms with Gasteiger partial charge in [-0.2, -0.15) is 0 Å². The van der Waals surface area contributed by atoms with E-state index in [2.05, 4.69) is 5.32 Å². The molecule has 0 radical (unpaired) electrons. The van der Waals surface area contributed by atoms with Crippen molar-refractivity contribution in [1.29, 1.82) is 0 Å². The number of piperidine rings is 1. The number of benzene rings is 2. The normalized spacial score (nSPS) is 16.2. The second kappa shape index (κ2) is 8.82. The van der Waals surface area contributed by atoms with E-state index in [4.69, 9.17) is 4.74 Å². The monoisotopic (exact) mass is 435 g/mol. The van der Waals surface area contributed by atoms with Gasteiger partial charge in [0.25, 0.3) is 17.7 Å². The van der Waals surface area contributed by atoms with Crippen LogP contribution in [0.5, 0.6) is 5.75 Å². The summed E-state index contributed by atoms with van der Waals surface area (Å²) < 4.78 is 5.39. The van der Waals surface area contributed by atoms with Crippen molar-refractivity contribution in [3.8, 4) is 5.75 Å². The van der Waals surface area contributed by atoms with E-state index in [-0.39, 0.29) is 36.1 Å². The lowest BCUT2D eigenvalue weighted by molar-refractivity contribution is -0.125. The molecule has 32 heavy (non-hydrogen) atoms. The maximum Gasteiger partial charge on any atom is 0.261 e. The number of carbonyl (C=O) groups is 4. The molecule has 2 aliphatic rings. The first-order valence-corrected chi connectivity index (χ1v) is 10.6. The number of nitrogens with one attached hydrogen (secondary N) is 1. The summed E-state index contributed by atoms with van der Waals surface area (Å²) >= 11 is 0. The quantitative estimate of drug-likeness (QED) is 0.726. The lowest BCUT2D eigenvalue weighted by Gasteiger charge is -2.31. The van der Waals surface area contributed by atoms with Crippen molar-refractivity contribution in [2.45, 2.75) is 19.4 Å². The molecule has 0 bridgehead atoms. The summed E-state index contributed by atoms with van der Waals surface area (Å²) in [6.45, 7) is 1.01. The Bertz CT molecular complexity index is 1050. The molecule has 166 valence electrons. The number of fused-ring (bicyclic) bond motifs is 1. The fourth-order valence-electron chi connectivity index (χ4n) is 4.31. The van der Waals surface area contributed by atoms with Crippen LogP contribution in [0.2, 0.25) is 0 Å². The lowest BCUT2D eigenvalue weighted by Crippen LogP contribution is -2.42. The summed E-state index contributed by atoms with van der Waals surface area (Å²) in [5.74, 6) is -0.546. The highest BCUT2D eigenvalue weighted by atomic mass is 16.5. The topological polar surface area (TPSA) is 96.0 Å². The predicted octanol–water partition coefficient (Wildman–Crippen LogP) is 2.09. The van der Waals surface area contributed by atoms with Gasteiger partial charge in [-0.1, -0.05) is 18.2 Å². The Hall–Kier alpha value is -3.68. The SMILES string of the molecule is CNC(=O)C1CCN(C(=O)c2cc(CN3C(=O)c4ccccc4C3=O)ccc2OC)CC1. The molecule has 8 heteroatoms. The molecule has 0 aromatic heterocycles. The van der Waals surface area contributed by atoms with E-state index in [0.717, 1.165) is 0 Å². The zero-order valence-electron chi connectivity index (χ0n) is 18.1. The molecule has 8 nitrogen and oxygen atoms in total. The zero-order valence-corrected chi connectivity index (χ0v) is 18.1. The van der Waals surface area contributed by atoms with Crippen molar-refractivity contribution in [3.05, 3.63) is 64.7 Å². The number of methoxy groups -OCH3 is 1. The van der Waals surface area contributed by atoms with E-state index < -0.39 is 0 Å². The third-order valence-corrected chi connectivity index (χ3v) is 6.11. The number of imide groups is 1. The Balaban J connectivity index is 1.52. The van der Waals surface area contributed by atoms with Crippen LogP contribution in [-0.4, -0.2) is 60.7 Å². The number of likely N-dealkylation sites (tertiary alicyclic amines) is 1. The van der Waals surface area contributed by atoms with Crippen LogP contribution in [0.15, 0.2) is 42.5 Å². The number of ether oxygens (including phenoxy) is 1. The van der Waals surface area contributed by atoms with Crippen molar-refractivity contribution >= 4 is 23.6 Å². The average Bonchev–Trinajstić information content (AvgIpc) is 3.08. The number of nitrogens with zero attached hydrogens (tertiary/aromatic N) is 2. The van der Waals surface area contributed by atoms with E-state index in [1.54, 1.807) is 54.4 Å². The van der Waals surface area contributed by atoms with Crippen molar-refractivity contribution in [1.82, 2.24) is 15.1 Å². The molecule has 0 unspecified atom stereocenters. The molecule has 0 atom stereocenters. The molecule has 0 aliphatic carbocycles. The molecule has 0 saturated carbocycles. The third-order valence-electron chi connectivity index (χ3n) is 6.11. The number of hydrogen-bond acceptors (Lipinski definition) is 5. The molecule has 2 heterocycles. The molecule has 4 amide bonds. The highest BCUT2D eigenvalue weighted by Crippen LogP contribution is 2.28. The first-order chi connectivity index (χ1) is 15.4. The fourth-order valence-corrected chi connectivity index (χ4v) is 4.31. The van der Waals surface area contributed by atoms with Crippen LogP contribution in [0, 0.1) is 5.92 Å². The van der Waals surface area contributed by atoms with Gasteiger partial charge in [0.15, 0.2) is 0 Å². The smallest absolute Gasteiger partial charge is 0.261 e. The standard InChI is InChI=1S/C24H25N3O5/c1-25-21(28)16-9-11-26(12-10-16)22(29)19-13-15(7-8-20(19)32-2)14-27-23(30)17-5-3-4-6-18(17)24(27)31/h3-8,13,16H,9-12,14H2,1-2H3,(H,25,28). The van der Waals surface area contributed by atoms with E-state index >= 15 is 0 Å². The first-order valence-electron chi connectivity index (χ1n) is 10.6. The number of hydrogen-bond donors (Lipinski definition) is 1. The summed E-state index contributed by atoms with van der Waals surface area (Å²) in [6, 6.07) is 11.8. The molecule has 2 aliphatic heterocycles. The maximum atomic E-state index is 13.2. The lowest BCUT2D eigenvalue weighted by atomic mass is 9.95. The number of carbonyl (C=O) groups excluding carboxylic acids is 4. The van der Waals surface area contributed by atoms with Gasteiger partial charge < -0.3 is 15.0 Å². The predicted molar refractivity (Wildman–Crippen MR) is 116 cm³/mol. The second-order valence-electron chi connectivity index (χ2n) is 7.96. The molecular formula is C24H25N3O5. The van der Waals surface area contributed by atoms with Crippen LogP contribution in [-0.2, 0) is 11.3 Å². The number of amides is 4. The zero-order chi connectivity index (χ0) is 22.8. The van der Waals surface area contributed by atoms with Crippen LogP contribution in [0.3, 0.4) is 0 Å². The van der Waals surface area contributed by atoms with Crippen LogP contribution in [0.1, 0.15) is 49.5 Å². The van der Waals surface area contributed by atoms with Gasteiger partial charge in [0, 0.05) is 26.1 Å². The molecule has 4 rings (SSSR count). The van der Waals surface area contributed by atoms with Gasteiger partial charge >= 0.3 is 0 Å². The minimum absolute atomic E-state index is 0.00220. The van der Waals surface area contributed by atoms with E-state index in [1.165, 1.54) is 12.0 Å². The summed E-state index contributed by atoms with van der Waals surface area (Å²) in [5, 5.41) is 2.66. The third kappa shape index (κ3) is 3.84. The molecule has 2 aromatic carbocycles. The van der Waals surface area contributed by atoms with Crippen LogP contribution in [0.25, 0.3) is 0 Å². The Labute approximate surface area is 186 Å². The summed E-state index contributed by atoms with van der Waals surface area (Å²) in [6.07, 6.45) is 1.20. The molecule has 2 aromatic rings. The second-order valence-corrected chi connectivity index (χ2v) is 7.96. The van der Waals surface area contributed by atoms with Gasteiger partial charge in [-0.05, 0) is 42.7 Å². The minimum Gasteiger partial charge on any atom is -0.496 e. The number of rotatable bonds is 5. The molecule has 1 saturated heterocycles. The van der Waals surface area contributed by atoms with E-state index in [9.17, 15) is 19.2 Å². The van der Waals surface area contributed by atoms with E-state index in [1.807, 2.05) is 0 Å². The van der Waals surface area contributed by atoms with Crippen molar-refractivity contribution in [2.24, 2.45) is 5.92 Å². The Morgan fingerprint density at radius 3 is 2.22 bits per heavy atom. The van der Waals surface area contributed by atoms with Crippen molar-refractivity contribution in [2.75, 3.05) is 27.2 Å². The fraction of sp³-hybridized carbons (Fsp3) is 0.333. The van der Waals surface area contributed by atoms with Gasteiger partial charge in [0.05, 0.1) is 30.3 Å². The van der Waals surface area contributed by atoms with Crippen LogP contribution < -0.4 is 10.1 Å². The minimum atomic E-state index is -0.342. The summed E-state index contributed by atoms with van der Waals surface area (Å²) in [4.78, 5) is 53.4. The molecule has 0 spiro atoms. The van der Waals surface area contributed by atoms with Gasteiger partial charge in [0.1, 0.15) is 5.75 Å². The summed E-state index contributed by atoms with van der Waals surface area (Å²) in [5.41, 5.74) is 1.81. The van der Waals surface area contributed by atoms with Gasteiger partial charge in [-0.3, -0.25) is 24.1 Å². The molecule has 1 fully saturated rings. The van der Waals surface area contributed by atoms with Crippen LogP contribution >= 0.6 is 0 Å². The Morgan fingerprint density at radius 2 is 1.66 bits per heavy atom. The largest absolute Gasteiger partial charge is 0.496 e. The molecule has 1 N–H and O–H groups in total. The molecular weight excluding hydrogens is 410 g/mol. The van der Waals surface area contributed by atoms with Gasteiger partial charge in [-0.15, -0.1) is 0 Å². The Kier molecular flexibility index (Phi) is 5.94. The van der Waals surface area contributed by atoms with Gasteiger partial charge in [-0.25, -0.2) is 0 Å². The Morgan fingerprint density at radius 1 is 1.03 bits per heavy atom. The first kappa shape index (κ1) is 21.5. The van der Waals surface area contributed by atoms with Crippen LogP contribution in [0.4, 0.5) is 0 Å². The van der Waals surface area contributed by atoms with Crippen molar-refractivity contribution in [3.63, 3.8) is 0 Å². The summed E-state index contributed by atoms with van der Waals surface area (Å²) in [7, 11) is 3.11. The maximum absolute atomic E-state index is 13.2. The highest BCUT2D eigenvalue weighted by molar-refractivity contribution is 6.21. The van der Waals surface area contributed by atoms with E-state index in [0.29, 0.717) is 53.9 Å².